The van der Waals surface area contributed by atoms with Crippen LogP contribution in [0.1, 0.15) is 29.9 Å². The van der Waals surface area contributed by atoms with Crippen molar-refractivity contribution in [3.63, 3.8) is 0 Å². The van der Waals surface area contributed by atoms with E-state index in [9.17, 15) is 4.79 Å². The fourth-order valence-electron chi connectivity index (χ4n) is 4.26. The number of aromatic nitrogens is 5. The Morgan fingerprint density at radius 1 is 1.18 bits per heavy atom. The number of ether oxygens (including phenoxy) is 3. The molecule has 1 N–H and O–H groups in total. The molecule has 3 heterocycles. The molecule has 0 spiro atoms. The molecule has 0 saturated carbocycles. The highest BCUT2D eigenvalue weighted by molar-refractivity contribution is 5.83. The van der Waals surface area contributed by atoms with Gasteiger partial charge in [0, 0.05) is 30.7 Å². The van der Waals surface area contributed by atoms with Gasteiger partial charge in [-0.1, -0.05) is 37.3 Å². The van der Waals surface area contributed by atoms with E-state index in [0.717, 1.165) is 10.9 Å². The summed E-state index contributed by atoms with van der Waals surface area (Å²) < 4.78 is 17.9. The normalized spacial score (nSPS) is 13.6. The fraction of sp³-hybridized carbons (Fsp3) is 0.333. The first-order valence-corrected chi connectivity index (χ1v) is 11.2. The zero-order valence-electron chi connectivity index (χ0n) is 19.1. The summed E-state index contributed by atoms with van der Waals surface area (Å²) in [5, 5.41) is 13.3. The van der Waals surface area contributed by atoms with Crippen LogP contribution >= 0.6 is 0 Å². The van der Waals surface area contributed by atoms with Gasteiger partial charge in [0.05, 0.1) is 18.7 Å². The van der Waals surface area contributed by atoms with E-state index in [1.54, 1.807) is 17.9 Å². The number of rotatable bonds is 9. The molecule has 5 rings (SSSR count). The highest BCUT2D eigenvalue weighted by Crippen LogP contribution is 2.36. The molecule has 10 nitrogen and oxygen atoms in total. The van der Waals surface area contributed by atoms with Crippen LogP contribution in [0.3, 0.4) is 0 Å². The molecule has 1 aliphatic heterocycles. The Bertz CT molecular complexity index is 1340. The first-order chi connectivity index (χ1) is 16.7. The average Bonchev–Trinajstić information content (AvgIpc) is 3.51. The second-order valence-electron chi connectivity index (χ2n) is 8.05. The standard InChI is InChI=1S/C24H26N6O4/c1-3-29(14-16-7-5-4-6-8-16)22(23-26-27-28-30(23)9-10-32-2)18-11-17-12-20-21(34-15-33-20)13-19(17)25-24(18)31/h4-8,11-13,22H,3,9-10,14-15H2,1-2H3,(H,25,31)/t22-/m1/s1. The topological polar surface area (TPSA) is 107 Å². The molecule has 1 atom stereocenters. The van der Waals surface area contributed by atoms with Crippen LogP contribution in [0.15, 0.2) is 53.3 Å². The maximum atomic E-state index is 13.4. The lowest BCUT2D eigenvalue weighted by Crippen LogP contribution is -2.35. The zero-order valence-corrected chi connectivity index (χ0v) is 19.1. The second-order valence-corrected chi connectivity index (χ2v) is 8.05. The maximum Gasteiger partial charge on any atom is 0.253 e. The fourth-order valence-corrected chi connectivity index (χ4v) is 4.26. The van der Waals surface area contributed by atoms with Crippen molar-refractivity contribution < 1.29 is 14.2 Å². The summed E-state index contributed by atoms with van der Waals surface area (Å²) in [6, 6.07) is 15.2. The van der Waals surface area contributed by atoms with Gasteiger partial charge in [-0.3, -0.25) is 9.69 Å². The molecule has 4 aromatic rings. The van der Waals surface area contributed by atoms with E-state index in [1.165, 1.54) is 0 Å². The lowest BCUT2D eigenvalue weighted by atomic mass is 10.0. The Hall–Kier alpha value is -3.76. The third-order valence-electron chi connectivity index (χ3n) is 5.97. The van der Waals surface area contributed by atoms with E-state index in [2.05, 4.69) is 44.5 Å². The molecule has 0 radical (unpaired) electrons. The highest BCUT2D eigenvalue weighted by Gasteiger charge is 2.30. The van der Waals surface area contributed by atoms with Crippen LogP contribution in [-0.4, -0.2) is 57.1 Å². The first kappa shape index (κ1) is 22.1. The molecule has 0 amide bonds. The Kier molecular flexibility index (Phi) is 6.24. The van der Waals surface area contributed by atoms with Gasteiger partial charge in [-0.05, 0) is 34.7 Å². The van der Waals surface area contributed by atoms with Crippen LogP contribution in [0.4, 0.5) is 0 Å². The van der Waals surface area contributed by atoms with Gasteiger partial charge in [0.1, 0.15) is 6.04 Å². The summed E-state index contributed by atoms with van der Waals surface area (Å²) in [5.41, 5.74) is 2.16. The van der Waals surface area contributed by atoms with Gasteiger partial charge in [0.2, 0.25) is 6.79 Å². The van der Waals surface area contributed by atoms with Gasteiger partial charge in [-0.15, -0.1) is 5.10 Å². The molecule has 2 aromatic heterocycles. The number of nitrogens with zero attached hydrogens (tertiary/aromatic N) is 5. The molecule has 10 heteroatoms. The van der Waals surface area contributed by atoms with Crippen molar-refractivity contribution in [3.05, 3.63) is 75.8 Å². The van der Waals surface area contributed by atoms with Crippen molar-refractivity contribution in [3.8, 4) is 11.5 Å². The Morgan fingerprint density at radius 2 is 1.97 bits per heavy atom. The van der Waals surface area contributed by atoms with Crippen LogP contribution in [0.25, 0.3) is 10.9 Å². The first-order valence-electron chi connectivity index (χ1n) is 11.2. The number of benzene rings is 2. The van der Waals surface area contributed by atoms with Crippen LogP contribution in [-0.2, 0) is 17.8 Å². The van der Waals surface area contributed by atoms with Gasteiger partial charge in [0.15, 0.2) is 17.3 Å². The second kappa shape index (κ2) is 9.62. The summed E-state index contributed by atoms with van der Waals surface area (Å²) in [6.07, 6.45) is 0. The van der Waals surface area contributed by atoms with Crippen molar-refractivity contribution in [2.45, 2.75) is 26.1 Å². The third kappa shape index (κ3) is 4.25. The van der Waals surface area contributed by atoms with Gasteiger partial charge in [0.25, 0.3) is 5.56 Å². The van der Waals surface area contributed by atoms with E-state index < -0.39 is 6.04 Å². The maximum absolute atomic E-state index is 13.4. The predicted molar refractivity (Wildman–Crippen MR) is 125 cm³/mol. The summed E-state index contributed by atoms with van der Waals surface area (Å²) in [4.78, 5) is 18.6. The largest absolute Gasteiger partial charge is 0.454 e. The Labute approximate surface area is 196 Å². The molecule has 1 aliphatic rings. The van der Waals surface area contributed by atoms with Crippen molar-refractivity contribution in [1.29, 1.82) is 0 Å². The van der Waals surface area contributed by atoms with E-state index in [1.807, 2.05) is 30.3 Å². The number of aromatic amines is 1. The summed E-state index contributed by atoms with van der Waals surface area (Å²) in [5.74, 6) is 1.86. The number of H-pyrrole nitrogens is 1. The average molecular weight is 463 g/mol. The molecule has 0 saturated heterocycles. The number of hydrogen-bond donors (Lipinski definition) is 1. The van der Waals surface area contributed by atoms with E-state index in [-0.39, 0.29) is 12.4 Å². The molecular formula is C24H26N6O4. The molecule has 0 fully saturated rings. The minimum Gasteiger partial charge on any atom is -0.454 e. The quantitative estimate of drug-likeness (QED) is 0.404. The van der Waals surface area contributed by atoms with E-state index in [4.69, 9.17) is 14.2 Å². The number of hydrogen-bond acceptors (Lipinski definition) is 8. The molecule has 0 aliphatic carbocycles. The van der Waals surface area contributed by atoms with Gasteiger partial charge in [-0.25, -0.2) is 4.68 Å². The monoisotopic (exact) mass is 462 g/mol. The number of methoxy groups -OCH3 is 1. The molecule has 176 valence electrons. The van der Waals surface area contributed by atoms with E-state index >= 15 is 0 Å². The minimum atomic E-state index is -0.476. The van der Waals surface area contributed by atoms with Crippen molar-refractivity contribution in [2.75, 3.05) is 27.1 Å². The molecule has 34 heavy (non-hydrogen) atoms. The van der Waals surface area contributed by atoms with Gasteiger partial charge >= 0.3 is 0 Å². The molecule has 2 aromatic carbocycles. The SMILES string of the molecule is CCN(Cc1ccccc1)[C@H](c1cc2cc3c(cc2[nH]c1=O)OCO3)c1nnnn1CCOC. The Morgan fingerprint density at radius 3 is 2.74 bits per heavy atom. The van der Waals surface area contributed by atoms with Crippen LogP contribution in [0.2, 0.25) is 0 Å². The Balaban J connectivity index is 1.64. The third-order valence-corrected chi connectivity index (χ3v) is 5.97. The van der Waals surface area contributed by atoms with Gasteiger partial charge in [-0.2, -0.15) is 0 Å². The number of tetrazole rings is 1. The molecule has 0 unspecified atom stereocenters. The predicted octanol–water partition coefficient (Wildman–Crippen LogP) is 2.50. The lowest BCUT2D eigenvalue weighted by Gasteiger charge is -2.30. The van der Waals surface area contributed by atoms with Crippen LogP contribution in [0.5, 0.6) is 11.5 Å². The van der Waals surface area contributed by atoms with Crippen molar-refractivity contribution in [1.82, 2.24) is 30.1 Å². The van der Waals surface area contributed by atoms with Crippen molar-refractivity contribution in [2.24, 2.45) is 0 Å². The van der Waals surface area contributed by atoms with Crippen molar-refractivity contribution >= 4 is 10.9 Å². The molecular weight excluding hydrogens is 436 g/mol. The number of pyridine rings is 1. The zero-order chi connectivity index (χ0) is 23.5. The molecule has 0 bridgehead atoms. The summed E-state index contributed by atoms with van der Waals surface area (Å²) >= 11 is 0. The van der Waals surface area contributed by atoms with E-state index in [0.29, 0.717) is 54.6 Å². The van der Waals surface area contributed by atoms with Crippen LogP contribution in [0, 0.1) is 0 Å². The summed E-state index contributed by atoms with van der Waals surface area (Å²) in [6.45, 7) is 4.45. The lowest BCUT2D eigenvalue weighted by molar-refractivity contribution is 0.173. The van der Waals surface area contributed by atoms with Gasteiger partial charge < -0.3 is 19.2 Å². The number of fused-ring (bicyclic) bond motifs is 2. The highest BCUT2D eigenvalue weighted by atomic mass is 16.7. The minimum absolute atomic E-state index is 0.167. The summed E-state index contributed by atoms with van der Waals surface area (Å²) in [7, 11) is 1.63. The number of nitrogens with one attached hydrogen (secondary N) is 1. The smallest absolute Gasteiger partial charge is 0.253 e. The van der Waals surface area contributed by atoms with Crippen LogP contribution < -0.4 is 15.0 Å².